The molecule has 5 nitrogen and oxygen atoms in total. The zero-order valence-corrected chi connectivity index (χ0v) is 19.0. The SMILES string of the molecule is Nc1c(C(=O)NCc2ccccc2Cl)sc2nc3c(cc12)CN(Cc1ccccc1)CC3. The van der Waals surface area contributed by atoms with Gasteiger partial charge in [0, 0.05) is 48.7 Å². The zero-order chi connectivity index (χ0) is 22.1. The summed E-state index contributed by atoms with van der Waals surface area (Å²) < 4.78 is 0. The topological polar surface area (TPSA) is 71.2 Å². The van der Waals surface area contributed by atoms with Gasteiger partial charge in [0.05, 0.1) is 5.69 Å². The summed E-state index contributed by atoms with van der Waals surface area (Å²) in [6.45, 7) is 3.06. The lowest BCUT2D eigenvalue weighted by Crippen LogP contribution is -2.30. The fourth-order valence-electron chi connectivity index (χ4n) is 4.10. The van der Waals surface area contributed by atoms with Gasteiger partial charge in [0.2, 0.25) is 0 Å². The van der Waals surface area contributed by atoms with Crippen LogP contribution < -0.4 is 11.1 Å². The van der Waals surface area contributed by atoms with Crippen LogP contribution in [0.5, 0.6) is 0 Å². The average Bonchev–Trinajstić information content (AvgIpc) is 3.13. The number of thiophene rings is 1. The van der Waals surface area contributed by atoms with Gasteiger partial charge in [-0.3, -0.25) is 9.69 Å². The molecule has 2 aromatic carbocycles. The van der Waals surface area contributed by atoms with Crippen LogP contribution in [0.15, 0.2) is 60.7 Å². The average molecular weight is 463 g/mol. The second-order valence-corrected chi connectivity index (χ2v) is 9.42. The van der Waals surface area contributed by atoms with E-state index in [-0.39, 0.29) is 5.91 Å². The Hall–Kier alpha value is -2.93. The van der Waals surface area contributed by atoms with Crippen LogP contribution in [0.3, 0.4) is 0 Å². The number of nitrogen functional groups attached to an aromatic ring is 1. The molecule has 0 radical (unpaired) electrons. The maximum atomic E-state index is 12.8. The van der Waals surface area contributed by atoms with E-state index in [1.54, 1.807) is 0 Å². The van der Waals surface area contributed by atoms with Gasteiger partial charge in [-0.2, -0.15) is 0 Å². The van der Waals surface area contributed by atoms with Gasteiger partial charge in [0.1, 0.15) is 9.71 Å². The summed E-state index contributed by atoms with van der Waals surface area (Å²) >= 11 is 7.55. The smallest absolute Gasteiger partial charge is 0.263 e. The van der Waals surface area contributed by atoms with Crippen LogP contribution in [0.1, 0.15) is 32.1 Å². The molecule has 0 aliphatic carbocycles. The maximum absolute atomic E-state index is 12.8. The van der Waals surface area contributed by atoms with Crippen LogP contribution >= 0.6 is 22.9 Å². The molecule has 3 heterocycles. The molecule has 2 aromatic heterocycles. The normalized spacial score (nSPS) is 13.8. The third-order valence-corrected chi connectivity index (χ3v) is 7.28. The number of fused-ring (bicyclic) bond motifs is 2. The molecule has 1 aliphatic rings. The monoisotopic (exact) mass is 462 g/mol. The van der Waals surface area contributed by atoms with Gasteiger partial charge in [-0.1, -0.05) is 60.1 Å². The number of rotatable bonds is 5. The van der Waals surface area contributed by atoms with E-state index in [2.05, 4.69) is 40.5 Å². The number of aromatic nitrogens is 1. The summed E-state index contributed by atoms with van der Waals surface area (Å²) in [5, 5.41) is 4.42. The fraction of sp³-hybridized carbons (Fsp3) is 0.200. The van der Waals surface area contributed by atoms with Crippen LogP contribution in [-0.4, -0.2) is 22.3 Å². The molecule has 0 fully saturated rings. The minimum absolute atomic E-state index is 0.200. The van der Waals surface area contributed by atoms with Gasteiger partial charge in [-0.05, 0) is 28.8 Å². The summed E-state index contributed by atoms with van der Waals surface area (Å²) in [4.78, 5) is 21.4. The number of anilines is 1. The quantitative estimate of drug-likeness (QED) is 0.437. The standard InChI is InChI=1S/C25H23ClN4OS/c26-20-9-5-4-8-17(20)13-28-24(31)23-22(27)19-12-18-15-30(14-16-6-2-1-3-7-16)11-10-21(18)29-25(19)32-23/h1-9,12H,10-11,13-15,27H2,(H,28,31). The van der Waals surface area contributed by atoms with Gasteiger partial charge < -0.3 is 11.1 Å². The zero-order valence-electron chi connectivity index (χ0n) is 17.5. The first-order chi connectivity index (χ1) is 15.6. The Labute approximate surface area is 195 Å². The van der Waals surface area contributed by atoms with Crippen LogP contribution in [-0.2, 0) is 26.1 Å². The third kappa shape index (κ3) is 4.21. The number of halogens is 1. The maximum Gasteiger partial charge on any atom is 0.263 e. The van der Waals surface area contributed by atoms with Crippen LogP contribution in [0.2, 0.25) is 5.02 Å². The van der Waals surface area contributed by atoms with Crippen LogP contribution in [0, 0.1) is 0 Å². The lowest BCUT2D eigenvalue weighted by molar-refractivity contribution is 0.0956. The van der Waals surface area contributed by atoms with Crippen molar-refractivity contribution in [1.82, 2.24) is 15.2 Å². The van der Waals surface area contributed by atoms with Crippen molar-refractivity contribution in [3.05, 3.63) is 92.9 Å². The Morgan fingerprint density at radius 2 is 1.94 bits per heavy atom. The Balaban J connectivity index is 1.35. The summed E-state index contributed by atoms with van der Waals surface area (Å²) in [6.07, 6.45) is 0.893. The van der Waals surface area contributed by atoms with E-state index in [1.165, 1.54) is 22.5 Å². The number of pyridine rings is 1. The van der Waals surface area contributed by atoms with Crippen LogP contribution in [0.25, 0.3) is 10.2 Å². The summed E-state index contributed by atoms with van der Waals surface area (Å²) in [5.74, 6) is -0.200. The van der Waals surface area contributed by atoms with Gasteiger partial charge >= 0.3 is 0 Å². The molecule has 162 valence electrons. The molecule has 3 N–H and O–H groups in total. The van der Waals surface area contributed by atoms with E-state index in [0.29, 0.717) is 22.1 Å². The first-order valence-corrected chi connectivity index (χ1v) is 11.8. The Morgan fingerprint density at radius 1 is 1.16 bits per heavy atom. The second kappa shape index (κ2) is 8.90. The number of carbonyl (C=O) groups excluding carboxylic acids is 1. The minimum Gasteiger partial charge on any atom is -0.397 e. The highest BCUT2D eigenvalue weighted by molar-refractivity contribution is 7.21. The van der Waals surface area contributed by atoms with Gasteiger partial charge in [-0.25, -0.2) is 4.98 Å². The number of amides is 1. The van der Waals surface area contributed by atoms with Crippen molar-refractivity contribution in [1.29, 1.82) is 0 Å². The highest BCUT2D eigenvalue weighted by Gasteiger charge is 2.23. The molecule has 0 atom stereocenters. The molecule has 0 saturated carbocycles. The number of nitrogens with one attached hydrogen (secondary N) is 1. The predicted octanol–water partition coefficient (Wildman–Crippen LogP) is 5.02. The highest BCUT2D eigenvalue weighted by Crippen LogP contribution is 2.35. The molecule has 7 heteroatoms. The van der Waals surface area contributed by atoms with E-state index in [9.17, 15) is 4.79 Å². The molecule has 1 aliphatic heterocycles. The molecular formula is C25H23ClN4OS. The molecule has 0 saturated heterocycles. The van der Waals surface area contributed by atoms with Crippen molar-refractivity contribution in [3.63, 3.8) is 0 Å². The van der Waals surface area contributed by atoms with Gasteiger partial charge in [0.15, 0.2) is 0 Å². The van der Waals surface area contributed by atoms with Crippen LogP contribution in [0.4, 0.5) is 5.69 Å². The fourth-order valence-corrected chi connectivity index (χ4v) is 5.31. The van der Waals surface area contributed by atoms with E-state index < -0.39 is 0 Å². The Bertz CT molecular complexity index is 1290. The number of nitrogens with two attached hydrogens (primary N) is 1. The lowest BCUT2D eigenvalue weighted by atomic mass is 10.0. The Morgan fingerprint density at radius 3 is 2.75 bits per heavy atom. The molecule has 0 spiro atoms. The largest absolute Gasteiger partial charge is 0.397 e. The number of hydrogen-bond donors (Lipinski definition) is 2. The second-order valence-electron chi connectivity index (χ2n) is 8.01. The number of carbonyl (C=O) groups is 1. The lowest BCUT2D eigenvalue weighted by Gasteiger charge is -2.28. The summed E-state index contributed by atoms with van der Waals surface area (Å²) in [7, 11) is 0. The minimum atomic E-state index is -0.200. The summed E-state index contributed by atoms with van der Waals surface area (Å²) in [6, 6.07) is 20.1. The van der Waals surface area contributed by atoms with E-state index in [4.69, 9.17) is 22.3 Å². The van der Waals surface area contributed by atoms with Crippen molar-refractivity contribution in [3.8, 4) is 0 Å². The molecule has 1 amide bonds. The van der Waals surface area contributed by atoms with Crippen molar-refractivity contribution >= 4 is 44.7 Å². The summed E-state index contributed by atoms with van der Waals surface area (Å²) in [5.41, 5.74) is 11.4. The number of benzene rings is 2. The van der Waals surface area contributed by atoms with Crippen molar-refractivity contribution < 1.29 is 4.79 Å². The predicted molar refractivity (Wildman–Crippen MR) is 131 cm³/mol. The van der Waals surface area contributed by atoms with Crippen molar-refractivity contribution in [2.45, 2.75) is 26.1 Å². The molecule has 0 bridgehead atoms. The highest BCUT2D eigenvalue weighted by atomic mass is 35.5. The van der Waals surface area contributed by atoms with Gasteiger partial charge in [0.25, 0.3) is 5.91 Å². The first-order valence-electron chi connectivity index (χ1n) is 10.6. The van der Waals surface area contributed by atoms with Crippen molar-refractivity contribution in [2.24, 2.45) is 0 Å². The molecular weight excluding hydrogens is 440 g/mol. The van der Waals surface area contributed by atoms with E-state index in [0.717, 1.165) is 47.5 Å². The Kier molecular flexibility index (Phi) is 5.83. The first kappa shape index (κ1) is 20.9. The number of hydrogen-bond acceptors (Lipinski definition) is 5. The number of nitrogens with zero attached hydrogens (tertiary/aromatic N) is 2. The molecule has 4 aromatic rings. The molecule has 5 rings (SSSR count). The molecule has 32 heavy (non-hydrogen) atoms. The van der Waals surface area contributed by atoms with Crippen molar-refractivity contribution in [2.75, 3.05) is 12.3 Å². The molecule has 0 unspecified atom stereocenters. The third-order valence-electron chi connectivity index (χ3n) is 5.80. The van der Waals surface area contributed by atoms with Gasteiger partial charge in [-0.15, -0.1) is 11.3 Å². The van der Waals surface area contributed by atoms with E-state index in [1.807, 2.05) is 30.3 Å². The van der Waals surface area contributed by atoms with E-state index >= 15 is 0 Å².